The van der Waals surface area contributed by atoms with E-state index in [1.807, 2.05) is 0 Å². The lowest BCUT2D eigenvalue weighted by molar-refractivity contribution is -0.0856. The molecule has 2 saturated heterocycles. The summed E-state index contributed by atoms with van der Waals surface area (Å²) in [6.07, 6.45) is 4.19. The Morgan fingerprint density at radius 1 is 1.12 bits per heavy atom. The van der Waals surface area contributed by atoms with Crippen molar-refractivity contribution < 1.29 is 4.74 Å². The molecule has 94 valence electrons. The largest absolute Gasteiger partial charge is 0.360 e. The van der Waals surface area contributed by atoms with E-state index in [-0.39, 0.29) is 5.60 Å². The maximum absolute atomic E-state index is 5.86. The van der Waals surface area contributed by atoms with Crippen LogP contribution < -0.4 is 0 Å². The summed E-state index contributed by atoms with van der Waals surface area (Å²) in [6.45, 7) is 12.1. The molecule has 3 heteroatoms. The van der Waals surface area contributed by atoms with Crippen LogP contribution in [0.3, 0.4) is 0 Å². The fraction of sp³-hybridized carbons (Fsp3) is 1.00. The van der Waals surface area contributed by atoms with Crippen LogP contribution in [-0.2, 0) is 4.74 Å². The molecule has 0 radical (unpaired) electrons. The fourth-order valence-electron chi connectivity index (χ4n) is 2.62. The van der Waals surface area contributed by atoms with Crippen molar-refractivity contribution >= 4 is 0 Å². The first-order chi connectivity index (χ1) is 7.54. The Bertz CT molecular complexity index is 224. The van der Waals surface area contributed by atoms with Crippen molar-refractivity contribution in [3.63, 3.8) is 0 Å². The molecule has 0 spiro atoms. The third kappa shape index (κ3) is 3.44. The van der Waals surface area contributed by atoms with E-state index < -0.39 is 0 Å². The highest BCUT2D eigenvalue weighted by molar-refractivity contribution is 4.84. The highest BCUT2D eigenvalue weighted by Crippen LogP contribution is 2.21. The Balaban J connectivity index is 1.77. The molecule has 0 N–H and O–H groups in total. The molecule has 2 heterocycles. The van der Waals surface area contributed by atoms with Crippen LogP contribution in [0.5, 0.6) is 0 Å². The van der Waals surface area contributed by atoms with Crippen molar-refractivity contribution in [1.29, 1.82) is 0 Å². The van der Waals surface area contributed by atoms with Gasteiger partial charge in [0.2, 0.25) is 0 Å². The first-order valence-corrected chi connectivity index (χ1v) is 6.65. The van der Waals surface area contributed by atoms with E-state index >= 15 is 0 Å². The van der Waals surface area contributed by atoms with E-state index in [9.17, 15) is 0 Å². The van der Waals surface area contributed by atoms with Gasteiger partial charge in [-0.05, 0) is 40.2 Å². The van der Waals surface area contributed by atoms with Gasteiger partial charge in [-0.3, -0.25) is 9.80 Å². The second-order valence-electron chi connectivity index (χ2n) is 6.15. The Morgan fingerprint density at radius 3 is 2.69 bits per heavy atom. The van der Waals surface area contributed by atoms with Crippen LogP contribution in [0, 0.1) is 0 Å². The predicted octanol–water partition coefficient (Wildman–Crippen LogP) is 1.93. The van der Waals surface area contributed by atoms with Crippen LogP contribution in [-0.4, -0.2) is 54.4 Å². The summed E-state index contributed by atoms with van der Waals surface area (Å²) in [7, 11) is 0. The SMILES string of the molecule is CC(C)(C)OCN1CCN2CCCCC2C1. The zero-order chi connectivity index (χ0) is 11.6. The van der Waals surface area contributed by atoms with E-state index in [4.69, 9.17) is 4.74 Å². The molecule has 0 aliphatic carbocycles. The molecule has 0 saturated carbocycles. The van der Waals surface area contributed by atoms with Gasteiger partial charge in [-0.15, -0.1) is 0 Å². The maximum atomic E-state index is 5.86. The third-order valence-electron chi connectivity index (χ3n) is 3.60. The molecule has 3 nitrogen and oxygen atoms in total. The van der Waals surface area contributed by atoms with Gasteiger partial charge < -0.3 is 4.74 Å². The molecule has 16 heavy (non-hydrogen) atoms. The monoisotopic (exact) mass is 226 g/mol. The van der Waals surface area contributed by atoms with Crippen molar-refractivity contribution in [2.45, 2.75) is 51.7 Å². The maximum Gasteiger partial charge on any atom is 0.0998 e. The molecule has 0 aromatic rings. The van der Waals surface area contributed by atoms with E-state index in [0.717, 1.165) is 12.8 Å². The number of hydrogen-bond donors (Lipinski definition) is 0. The van der Waals surface area contributed by atoms with Crippen molar-refractivity contribution in [2.24, 2.45) is 0 Å². The lowest BCUT2D eigenvalue weighted by Gasteiger charge is -2.44. The van der Waals surface area contributed by atoms with Gasteiger partial charge in [-0.25, -0.2) is 0 Å². The summed E-state index contributed by atoms with van der Waals surface area (Å²) in [4.78, 5) is 5.13. The summed E-state index contributed by atoms with van der Waals surface area (Å²) in [5.41, 5.74) is -0.0102. The Labute approximate surface area is 99.7 Å². The van der Waals surface area contributed by atoms with Gasteiger partial charge in [0.05, 0.1) is 12.3 Å². The average Bonchev–Trinajstić information content (AvgIpc) is 2.25. The zero-order valence-electron chi connectivity index (χ0n) is 11.0. The third-order valence-corrected chi connectivity index (χ3v) is 3.60. The van der Waals surface area contributed by atoms with Crippen molar-refractivity contribution in [2.75, 3.05) is 32.9 Å². The van der Waals surface area contributed by atoms with Crippen LogP contribution >= 0.6 is 0 Å². The zero-order valence-corrected chi connectivity index (χ0v) is 11.0. The van der Waals surface area contributed by atoms with Crippen LogP contribution in [0.4, 0.5) is 0 Å². The number of ether oxygens (including phenoxy) is 1. The van der Waals surface area contributed by atoms with Crippen LogP contribution in [0.1, 0.15) is 40.0 Å². The molecule has 2 aliphatic rings. The summed E-state index contributed by atoms with van der Waals surface area (Å²) in [6, 6.07) is 0.797. The summed E-state index contributed by atoms with van der Waals surface area (Å²) in [5.74, 6) is 0. The van der Waals surface area contributed by atoms with Gasteiger partial charge in [0.1, 0.15) is 0 Å². The molecule has 0 aromatic heterocycles. The van der Waals surface area contributed by atoms with Crippen LogP contribution in [0.25, 0.3) is 0 Å². The van der Waals surface area contributed by atoms with E-state index in [1.54, 1.807) is 0 Å². The normalized spacial score (nSPS) is 29.1. The van der Waals surface area contributed by atoms with Gasteiger partial charge in [0.25, 0.3) is 0 Å². The fourth-order valence-corrected chi connectivity index (χ4v) is 2.62. The first-order valence-electron chi connectivity index (χ1n) is 6.65. The number of fused-ring (bicyclic) bond motifs is 1. The van der Waals surface area contributed by atoms with Gasteiger partial charge >= 0.3 is 0 Å². The summed E-state index contributed by atoms with van der Waals surface area (Å²) in [5, 5.41) is 0. The first kappa shape index (κ1) is 12.3. The Morgan fingerprint density at radius 2 is 1.94 bits per heavy atom. The Kier molecular flexibility index (Phi) is 3.88. The van der Waals surface area contributed by atoms with Gasteiger partial charge in [0, 0.05) is 25.7 Å². The molecule has 0 aromatic carbocycles. The quantitative estimate of drug-likeness (QED) is 0.715. The molecular formula is C13H26N2O. The predicted molar refractivity (Wildman–Crippen MR) is 66.5 cm³/mol. The molecule has 0 amide bonds. The van der Waals surface area contributed by atoms with Crippen LogP contribution in [0.2, 0.25) is 0 Å². The second kappa shape index (κ2) is 5.03. The highest BCUT2D eigenvalue weighted by atomic mass is 16.5. The van der Waals surface area contributed by atoms with Gasteiger partial charge in [-0.1, -0.05) is 6.42 Å². The molecular weight excluding hydrogens is 200 g/mol. The van der Waals surface area contributed by atoms with Gasteiger partial charge in [0.15, 0.2) is 0 Å². The number of rotatable bonds is 2. The summed E-state index contributed by atoms with van der Waals surface area (Å²) < 4.78 is 5.86. The second-order valence-corrected chi connectivity index (χ2v) is 6.15. The van der Waals surface area contributed by atoms with Gasteiger partial charge in [-0.2, -0.15) is 0 Å². The van der Waals surface area contributed by atoms with E-state index in [1.165, 1.54) is 45.4 Å². The minimum absolute atomic E-state index is 0.0102. The molecule has 1 atom stereocenters. The number of piperidine rings is 1. The van der Waals surface area contributed by atoms with E-state index in [2.05, 4.69) is 30.6 Å². The highest BCUT2D eigenvalue weighted by Gasteiger charge is 2.29. The standard InChI is InChI=1S/C13H26N2O/c1-13(2,3)16-11-14-8-9-15-7-5-4-6-12(15)10-14/h12H,4-11H2,1-3H3. The Hall–Kier alpha value is -0.120. The number of hydrogen-bond acceptors (Lipinski definition) is 3. The summed E-state index contributed by atoms with van der Waals surface area (Å²) >= 11 is 0. The molecule has 0 bridgehead atoms. The smallest absolute Gasteiger partial charge is 0.0998 e. The van der Waals surface area contributed by atoms with Crippen LogP contribution in [0.15, 0.2) is 0 Å². The topological polar surface area (TPSA) is 15.7 Å². The van der Waals surface area contributed by atoms with Crippen molar-refractivity contribution in [1.82, 2.24) is 9.80 Å². The minimum atomic E-state index is -0.0102. The van der Waals surface area contributed by atoms with E-state index in [0.29, 0.717) is 0 Å². The average molecular weight is 226 g/mol. The van der Waals surface area contributed by atoms with Crippen molar-refractivity contribution in [3.05, 3.63) is 0 Å². The lowest BCUT2D eigenvalue weighted by atomic mass is 10.00. The molecule has 1 unspecified atom stereocenters. The number of nitrogens with zero attached hydrogens (tertiary/aromatic N) is 2. The lowest BCUT2D eigenvalue weighted by Crippen LogP contribution is -2.55. The number of piperazine rings is 1. The minimum Gasteiger partial charge on any atom is -0.360 e. The molecule has 2 aliphatic heterocycles. The van der Waals surface area contributed by atoms with Crippen molar-refractivity contribution in [3.8, 4) is 0 Å². The molecule has 2 fully saturated rings. The molecule has 2 rings (SSSR count).